The van der Waals surface area contributed by atoms with Crippen LogP contribution in [0.15, 0.2) is 48.2 Å². The van der Waals surface area contributed by atoms with Crippen LogP contribution in [0.2, 0.25) is 0 Å². The van der Waals surface area contributed by atoms with Gasteiger partial charge in [-0.3, -0.25) is 5.41 Å². The van der Waals surface area contributed by atoms with Gasteiger partial charge in [-0.05, 0) is 42.8 Å². The van der Waals surface area contributed by atoms with E-state index >= 15 is 0 Å². The number of fused-ring (bicyclic) bond motifs is 1. The summed E-state index contributed by atoms with van der Waals surface area (Å²) in [5.41, 5.74) is 2.98. The van der Waals surface area contributed by atoms with Crippen molar-refractivity contribution in [3.8, 4) is 5.75 Å². The highest BCUT2D eigenvalue weighted by Gasteiger charge is 2.32. The lowest BCUT2D eigenvalue weighted by Gasteiger charge is -2.20. The summed E-state index contributed by atoms with van der Waals surface area (Å²) in [6.45, 7) is 2.10. The number of nitrogens with one attached hydrogen (secondary N) is 1. The molecule has 0 aliphatic carbocycles. The van der Waals surface area contributed by atoms with Gasteiger partial charge in [0.05, 0.1) is 22.3 Å². The first-order valence-corrected chi connectivity index (χ1v) is 8.30. The molecular weight excluding hydrogens is 322 g/mol. The molecule has 5 nitrogen and oxygen atoms in total. The molecule has 24 heavy (non-hydrogen) atoms. The Kier molecular flexibility index (Phi) is 3.28. The molecule has 3 aromatic rings. The Morgan fingerprint density at radius 1 is 1.17 bits per heavy atom. The van der Waals surface area contributed by atoms with Crippen LogP contribution in [0, 0.1) is 12.3 Å². The number of hydrogen-bond acceptors (Lipinski definition) is 5. The molecule has 0 amide bonds. The third-order valence-electron chi connectivity index (χ3n) is 4.08. The first-order chi connectivity index (χ1) is 11.5. The van der Waals surface area contributed by atoms with E-state index in [0.717, 1.165) is 21.5 Å². The van der Waals surface area contributed by atoms with E-state index in [1.165, 1.54) is 11.3 Å². The van der Waals surface area contributed by atoms with Crippen molar-refractivity contribution in [3.63, 3.8) is 0 Å². The predicted molar refractivity (Wildman–Crippen MR) is 97.1 cm³/mol. The smallest absolute Gasteiger partial charge is 0.139 e. The van der Waals surface area contributed by atoms with Crippen LogP contribution in [0.1, 0.15) is 10.6 Å². The van der Waals surface area contributed by atoms with Gasteiger partial charge in [0.2, 0.25) is 0 Å². The molecule has 6 heteroatoms. The number of nitrogens with zero attached hydrogens (tertiary/aromatic N) is 2. The summed E-state index contributed by atoms with van der Waals surface area (Å²) in [7, 11) is 0. The molecule has 1 aliphatic rings. The Labute approximate surface area is 142 Å². The minimum Gasteiger partial charge on any atom is -0.510 e. The van der Waals surface area contributed by atoms with Crippen molar-refractivity contribution in [1.82, 2.24) is 4.98 Å². The predicted octanol–water partition coefficient (Wildman–Crippen LogP) is 4.08. The van der Waals surface area contributed by atoms with Crippen LogP contribution >= 0.6 is 11.3 Å². The van der Waals surface area contributed by atoms with Crippen LogP contribution in [0.25, 0.3) is 15.8 Å². The van der Waals surface area contributed by atoms with E-state index in [1.54, 1.807) is 23.1 Å². The zero-order chi connectivity index (χ0) is 16.8. The summed E-state index contributed by atoms with van der Waals surface area (Å²) in [5, 5.41) is 29.2. The average Bonchev–Trinajstić information content (AvgIpc) is 3.08. The topological polar surface area (TPSA) is 80.4 Å². The monoisotopic (exact) mass is 337 g/mol. The molecule has 0 radical (unpaired) electrons. The van der Waals surface area contributed by atoms with Crippen LogP contribution in [-0.2, 0) is 0 Å². The number of aliphatic hydroxyl groups is 1. The van der Waals surface area contributed by atoms with Gasteiger partial charge in [0.15, 0.2) is 0 Å². The van der Waals surface area contributed by atoms with E-state index in [1.807, 2.05) is 31.2 Å². The molecule has 1 aliphatic heterocycles. The first kappa shape index (κ1) is 14.7. The number of amidine groups is 1. The summed E-state index contributed by atoms with van der Waals surface area (Å²) >= 11 is 1.47. The van der Waals surface area contributed by atoms with Crippen LogP contribution in [0.4, 0.5) is 5.69 Å². The number of aromatic nitrogens is 1. The van der Waals surface area contributed by atoms with E-state index in [-0.39, 0.29) is 23.9 Å². The van der Waals surface area contributed by atoms with Crippen LogP contribution in [-0.4, -0.2) is 27.6 Å². The number of anilines is 1. The number of aromatic hydroxyl groups is 1. The second kappa shape index (κ2) is 5.35. The largest absolute Gasteiger partial charge is 0.510 e. The second-order valence-electron chi connectivity index (χ2n) is 5.71. The highest BCUT2D eigenvalue weighted by atomic mass is 32.1. The maximum atomic E-state index is 10.4. The fourth-order valence-corrected chi connectivity index (χ4v) is 3.97. The number of benzene rings is 2. The number of aliphatic hydroxyl groups excluding tert-OH is 1. The summed E-state index contributed by atoms with van der Waals surface area (Å²) in [6, 6.07) is 12.8. The summed E-state index contributed by atoms with van der Waals surface area (Å²) in [6.07, 6.45) is 0. The molecule has 2 aromatic carbocycles. The third kappa shape index (κ3) is 2.23. The van der Waals surface area contributed by atoms with E-state index in [4.69, 9.17) is 5.41 Å². The van der Waals surface area contributed by atoms with E-state index in [0.29, 0.717) is 10.6 Å². The lowest BCUT2D eigenvalue weighted by atomic mass is 10.1. The van der Waals surface area contributed by atoms with Gasteiger partial charge in [-0.1, -0.05) is 12.1 Å². The Morgan fingerprint density at radius 3 is 2.71 bits per heavy atom. The van der Waals surface area contributed by atoms with Crippen LogP contribution in [0.5, 0.6) is 5.75 Å². The van der Waals surface area contributed by atoms with Gasteiger partial charge >= 0.3 is 0 Å². The molecule has 2 heterocycles. The molecule has 0 unspecified atom stereocenters. The van der Waals surface area contributed by atoms with Gasteiger partial charge in [-0.2, -0.15) is 0 Å². The fraction of sp³-hybridized carbons (Fsp3) is 0.111. The van der Waals surface area contributed by atoms with Crippen molar-refractivity contribution in [3.05, 3.63) is 58.8 Å². The van der Waals surface area contributed by atoms with Crippen molar-refractivity contribution >= 4 is 38.6 Å². The maximum absolute atomic E-state index is 10.4. The van der Waals surface area contributed by atoms with Crippen molar-refractivity contribution in [2.24, 2.45) is 0 Å². The SMILES string of the molecule is Cc1cc(O)ccc1N1CC(O)=C(c2nc3ccccc3s2)C1=N. The zero-order valence-corrected chi connectivity index (χ0v) is 13.8. The van der Waals surface area contributed by atoms with Gasteiger partial charge in [0, 0.05) is 5.69 Å². The number of hydrogen-bond donors (Lipinski definition) is 3. The lowest BCUT2D eigenvalue weighted by Crippen LogP contribution is -2.26. The average molecular weight is 337 g/mol. The minimum absolute atomic E-state index is 0.145. The quantitative estimate of drug-likeness (QED) is 0.658. The lowest BCUT2D eigenvalue weighted by molar-refractivity contribution is 0.411. The zero-order valence-electron chi connectivity index (χ0n) is 12.9. The molecule has 0 saturated carbocycles. The van der Waals surface area contributed by atoms with Gasteiger partial charge in [0.1, 0.15) is 22.4 Å². The minimum atomic E-state index is 0.145. The van der Waals surface area contributed by atoms with E-state index in [2.05, 4.69) is 4.98 Å². The maximum Gasteiger partial charge on any atom is 0.139 e. The Morgan fingerprint density at radius 2 is 1.96 bits per heavy atom. The van der Waals surface area contributed by atoms with Crippen molar-refractivity contribution < 1.29 is 10.2 Å². The Bertz CT molecular complexity index is 973. The number of phenolic OH excluding ortho intramolecular Hbond substituents is 1. The molecule has 0 atom stereocenters. The van der Waals surface area contributed by atoms with Gasteiger partial charge in [0.25, 0.3) is 0 Å². The second-order valence-corrected chi connectivity index (χ2v) is 6.74. The van der Waals surface area contributed by atoms with Gasteiger partial charge in [-0.25, -0.2) is 4.98 Å². The van der Waals surface area contributed by atoms with Gasteiger partial charge in [-0.15, -0.1) is 11.3 Å². The van der Waals surface area contributed by atoms with Gasteiger partial charge < -0.3 is 15.1 Å². The highest BCUT2D eigenvalue weighted by molar-refractivity contribution is 7.19. The molecule has 0 spiro atoms. The van der Waals surface area contributed by atoms with Crippen LogP contribution < -0.4 is 4.90 Å². The summed E-state index contributed by atoms with van der Waals surface area (Å²) in [4.78, 5) is 6.28. The van der Waals surface area contributed by atoms with E-state index in [9.17, 15) is 10.2 Å². The molecule has 3 N–H and O–H groups in total. The molecule has 0 fully saturated rings. The Hall–Kier alpha value is -2.86. The number of rotatable bonds is 2. The Balaban J connectivity index is 1.75. The standard InChI is InChI=1S/C18H15N3O2S/c1-10-8-11(22)6-7-13(10)21-9-14(23)16(17(21)19)18-20-12-4-2-3-5-15(12)24-18/h2-8,19,22-23H,9H2,1H3. The number of aryl methyl sites for hydroxylation is 1. The number of thiazole rings is 1. The molecule has 0 saturated heterocycles. The normalized spacial score (nSPS) is 14.9. The third-order valence-corrected chi connectivity index (χ3v) is 5.14. The van der Waals surface area contributed by atoms with E-state index < -0.39 is 0 Å². The van der Waals surface area contributed by atoms with Crippen molar-refractivity contribution in [1.29, 1.82) is 5.41 Å². The highest BCUT2D eigenvalue weighted by Crippen LogP contribution is 2.36. The number of phenols is 1. The molecule has 4 rings (SSSR count). The van der Waals surface area contributed by atoms with Crippen molar-refractivity contribution in [2.75, 3.05) is 11.4 Å². The van der Waals surface area contributed by atoms with Crippen LogP contribution in [0.3, 0.4) is 0 Å². The molecular formula is C18H15N3O2S. The summed E-state index contributed by atoms with van der Waals surface area (Å²) in [5.74, 6) is 0.553. The van der Waals surface area contributed by atoms with Crippen molar-refractivity contribution in [2.45, 2.75) is 6.92 Å². The molecule has 120 valence electrons. The molecule has 1 aromatic heterocycles. The first-order valence-electron chi connectivity index (χ1n) is 7.49. The fourth-order valence-electron chi connectivity index (χ4n) is 2.93. The summed E-state index contributed by atoms with van der Waals surface area (Å²) < 4.78 is 1.03. The molecule has 0 bridgehead atoms. The number of para-hydroxylation sites is 1.